The van der Waals surface area contributed by atoms with Crippen molar-refractivity contribution in [1.29, 1.82) is 0 Å². The number of carbonyl (C=O) groups is 1. The molecule has 3 rings (SSSR count). The van der Waals surface area contributed by atoms with Crippen molar-refractivity contribution in [2.24, 2.45) is 0 Å². The minimum Gasteiger partial charge on any atom is -0.295 e. The van der Waals surface area contributed by atoms with E-state index in [0.29, 0.717) is 31.5 Å². The van der Waals surface area contributed by atoms with Gasteiger partial charge in [0.15, 0.2) is 5.78 Å². The van der Waals surface area contributed by atoms with Crippen LogP contribution in [0.3, 0.4) is 0 Å². The van der Waals surface area contributed by atoms with Gasteiger partial charge in [-0.3, -0.25) is 4.79 Å². The standard InChI is InChI=1S/C20H23NO3S/c1-15-5-3-4-6-20(15)14-25(23,24)21-11-9-17-7-8-18(16(2)22)13-19(17)10-12-21/h3-8,13H,9-12,14H2,1-2H3. The van der Waals surface area contributed by atoms with Gasteiger partial charge in [0.25, 0.3) is 0 Å². The molecule has 1 heterocycles. The number of benzene rings is 2. The van der Waals surface area contributed by atoms with E-state index in [1.807, 2.05) is 49.4 Å². The van der Waals surface area contributed by atoms with E-state index >= 15 is 0 Å². The van der Waals surface area contributed by atoms with Crippen LogP contribution >= 0.6 is 0 Å². The Hall–Kier alpha value is -1.98. The van der Waals surface area contributed by atoms with E-state index in [0.717, 1.165) is 22.3 Å². The van der Waals surface area contributed by atoms with Gasteiger partial charge in [-0.15, -0.1) is 0 Å². The molecule has 0 saturated heterocycles. The molecule has 1 aliphatic heterocycles. The van der Waals surface area contributed by atoms with Crippen molar-refractivity contribution in [1.82, 2.24) is 4.31 Å². The summed E-state index contributed by atoms with van der Waals surface area (Å²) < 4.78 is 27.3. The Bertz CT molecular complexity index is 903. The van der Waals surface area contributed by atoms with Crippen LogP contribution in [0.1, 0.15) is 39.5 Å². The summed E-state index contributed by atoms with van der Waals surface area (Å²) in [6.07, 6.45) is 1.32. The second kappa shape index (κ2) is 7.10. The highest BCUT2D eigenvalue weighted by molar-refractivity contribution is 7.88. The quantitative estimate of drug-likeness (QED) is 0.790. The zero-order valence-electron chi connectivity index (χ0n) is 14.7. The van der Waals surface area contributed by atoms with E-state index in [2.05, 4.69) is 0 Å². The second-order valence-corrected chi connectivity index (χ2v) is 8.59. The lowest BCUT2D eigenvalue weighted by atomic mass is 9.99. The Morgan fingerprint density at radius 3 is 2.40 bits per heavy atom. The first-order valence-electron chi connectivity index (χ1n) is 8.52. The fraction of sp³-hybridized carbons (Fsp3) is 0.350. The van der Waals surface area contributed by atoms with Gasteiger partial charge in [0.05, 0.1) is 5.75 Å². The first-order valence-corrected chi connectivity index (χ1v) is 10.1. The third-order valence-electron chi connectivity index (χ3n) is 4.87. The van der Waals surface area contributed by atoms with E-state index in [-0.39, 0.29) is 11.5 Å². The normalized spacial score (nSPS) is 15.4. The maximum atomic E-state index is 12.9. The third kappa shape index (κ3) is 3.99. The topological polar surface area (TPSA) is 54.5 Å². The summed E-state index contributed by atoms with van der Waals surface area (Å²) in [5.74, 6) is 0.0745. The molecule has 0 bridgehead atoms. The molecule has 0 N–H and O–H groups in total. The molecule has 132 valence electrons. The Morgan fingerprint density at radius 1 is 1.04 bits per heavy atom. The van der Waals surface area contributed by atoms with Gasteiger partial charge in [-0.1, -0.05) is 36.4 Å². The van der Waals surface area contributed by atoms with Crippen LogP contribution < -0.4 is 0 Å². The van der Waals surface area contributed by atoms with Crippen LogP contribution in [0.2, 0.25) is 0 Å². The predicted molar refractivity (Wildman–Crippen MR) is 99.2 cm³/mol. The molecule has 0 unspecified atom stereocenters. The smallest absolute Gasteiger partial charge is 0.218 e. The summed E-state index contributed by atoms with van der Waals surface area (Å²) in [5.41, 5.74) is 4.76. The Kier molecular flexibility index (Phi) is 5.06. The molecular formula is C20H23NO3S. The minimum atomic E-state index is -3.36. The number of carbonyl (C=O) groups excluding carboxylic acids is 1. The molecule has 2 aromatic carbocycles. The van der Waals surface area contributed by atoms with Gasteiger partial charge in [0, 0.05) is 18.7 Å². The number of nitrogens with zero attached hydrogens (tertiary/aromatic N) is 1. The molecule has 0 radical (unpaired) electrons. The minimum absolute atomic E-state index is 0.0364. The lowest BCUT2D eigenvalue weighted by molar-refractivity contribution is 0.101. The number of ketones is 1. The van der Waals surface area contributed by atoms with Crippen LogP contribution in [0.25, 0.3) is 0 Å². The number of aryl methyl sites for hydroxylation is 1. The number of Topliss-reactive ketones (excluding diaryl/α,β-unsaturated/α-hetero) is 1. The summed E-state index contributed by atoms with van der Waals surface area (Å²) in [5, 5.41) is 0. The molecule has 25 heavy (non-hydrogen) atoms. The van der Waals surface area contributed by atoms with Crippen LogP contribution in [0.15, 0.2) is 42.5 Å². The fourth-order valence-corrected chi connectivity index (χ4v) is 4.90. The van der Waals surface area contributed by atoms with Crippen molar-refractivity contribution >= 4 is 15.8 Å². The van der Waals surface area contributed by atoms with E-state index in [1.54, 1.807) is 11.2 Å². The molecule has 0 aromatic heterocycles. The van der Waals surface area contributed by atoms with Crippen LogP contribution in [0.5, 0.6) is 0 Å². The molecule has 1 aliphatic rings. The Morgan fingerprint density at radius 2 is 1.72 bits per heavy atom. The van der Waals surface area contributed by atoms with Crippen molar-refractivity contribution in [3.05, 3.63) is 70.3 Å². The summed E-state index contributed by atoms with van der Waals surface area (Å²) >= 11 is 0. The maximum Gasteiger partial charge on any atom is 0.218 e. The molecule has 0 saturated carbocycles. The monoisotopic (exact) mass is 357 g/mol. The Balaban J connectivity index is 1.79. The fourth-order valence-electron chi connectivity index (χ4n) is 3.26. The average Bonchev–Trinajstić information content (AvgIpc) is 2.79. The number of rotatable bonds is 4. The SMILES string of the molecule is CC(=O)c1ccc2c(c1)CCN(S(=O)(=O)Cc1ccccc1C)CC2. The zero-order valence-corrected chi connectivity index (χ0v) is 15.5. The van der Waals surface area contributed by atoms with Gasteiger partial charge in [-0.2, -0.15) is 0 Å². The number of hydrogen-bond acceptors (Lipinski definition) is 3. The predicted octanol–water partition coefficient (Wildman–Crippen LogP) is 3.13. The van der Waals surface area contributed by atoms with Crippen molar-refractivity contribution in [3.8, 4) is 0 Å². The van der Waals surface area contributed by atoms with Gasteiger partial charge in [-0.05, 0) is 55.0 Å². The van der Waals surface area contributed by atoms with Crippen LogP contribution in [-0.2, 0) is 28.6 Å². The highest BCUT2D eigenvalue weighted by Gasteiger charge is 2.25. The van der Waals surface area contributed by atoms with Crippen molar-refractivity contribution in [2.75, 3.05) is 13.1 Å². The first-order chi connectivity index (χ1) is 11.9. The van der Waals surface area contributed by atoms with E-state index in [4.69, 9.17) is 0 Å². The van der Waals surface area contributed by atoms with Crippen molar-refractivity contribution < 1.29 is 13.2 Å². The summed E-state index contributed by atoms with van der Waals surface area (Å²) in [4.78, 5) is 11.6. The average molecular weight is 357 g/mol. The third-order valence-corrected chi connectivity index (χ3v) is 6.69. The zero-order chi connectivity index (χ0) is 18.0. The maximum absolute atomic E-state index is 12.9. The van der Waals surface area contributed by atoms with Gasteiger partial charge in [-0.25, -0.2) is 12.7 Å². The van der Waals surface area contributed by atoms with Gasteiger partial charge < -0.3 is 0 Å². The van der Waals surface area contributed by atoms with E-state index in [9.17, 15) is 13.2 Å². The highest BCUT2D eigenvalue weighted by atomic mass is 32.2. The van der Waals surface area contributed by atoms with Crippen LogP contribution in [-0.4, -0.2) is 31.6 Å². The lowest BCUT2D eigenvalue weighted by Gasteiger charge is -2.20. The molecular weight excluding hydrogens is 334 g/mol. The summed E-state index contributed by atoms with van der Waals surface area (Å²) in [7, 11) is -3.36. The molecule has 0 aliphatic carbocycles. The lowest BCUT2D eigenvalue weighted by Crippen LogP contribution is -2.34. The van der Waals surface area contributed by atoms with Gasteiger partial charge in [0.2, 0.25) is 10.0 Å². The molecule has 0 spiro atoms. The number of fused-ring (bicyclic) bond motifs is 1. The molecule has 2 aromatic rings. The van der Waals surface area contributed by atoms with Crippen molar-refractivity contribution in [3.63, 3.8) is 0 Å². The second-order valence-electron chi connectivity index (χ2n) is 6.62. The van der Waals surface area contributed by atoms with Gasteiger partial charge in [0.1, 0.15) is 0 Å². The molecule has 4 nitrogen and oxygen atoms in total. The van der Waals surface area contributed by atoms with E-state index in [1.165, 1.54) is 0 Å². The van der Waals surface area contributed by atoms with Crippen molar-refractivity contribution in [2.45, 2.75) is 32.4 Å². The van der Waals surface area contributed by atoms with Gasteiger partial charge >= 0.3 is 0 Å². The summed E-state index contributed by atoms with van der Waals surface area (Å²) in [6.45, 7) is 4.44. The Labute approximate surface area is 149 Å². The summed E-state index contributed by atoms with van der Waals surface area (Å²) in [6, 6.07) is 13.3. The largest absolute Gasteiger partial charge is 0.295 e. The molecule has 0 fully saturated rings. The first kappa shape index (κ1) is 17.8. The number of sulfonamides is 1. The number of hydrogen-bond donors (Lipinski definition) is 0. The molecule has 0 amide bonds. The highest BCUT2D eigenvalue weighted by Crippen LogP contribution is 2.22. The van der Waals surface area contributed by atoms with E-state index < -0.39 is 10.0 Å². The molecule has 5 heteroatoms. The van der Waals surface area contributed by atoms with Crippen LogP contribution in [0, 0.1) is 6.92 Å². The van der Waals surface area contributed by atoms with Crippen LogP contribution in [0.4, 0.5) is 0 Å². The molecule has 0 atom stereocenters.